The zero-order valence-corrected chi connectivity index (χ0v) is 10.3. The second-order valence-electron chi connectivity index (χ2n) is 3.63. The third-order valence-corrected chi connectivity index (χ3v) is 3.47. The molecule has 0 fully saturated rings. The number of nitro benzene ring substituents is 1. The summed E-state index contributed by atoms with van der Waals surface area (Å²) in [6, 6.07) is 13.9. The zero-order chi connectivity index (χ0) is 13.0. The first-order chi connectivity index (χ1) is 8.70. The highest BCUT2D eigenvalue weighted by molar-refractivity contribution is 7.99. The van der Waals surface area contributed by atoms with Gasteiger partial charge in [0.25, 0.3) is 5.69 Å². The van der Waals surface area contributed by atoms with Crippen LogP contribution in [0.2, 0.25) is 0 Å². The standard InChI is InChI=1S/C13H11NO3S/c15-9-10-5-7-11(8-6-10)18-13-4-2-1-3-12(13)14(16)17/h1-8,15H,9H2. The molecule has 5 heteroatoms. The summed E-state index contributed by atoms with van der Waals surface area (Å²) in [5, 5.41) is 19.8. The van der Waals surface area contributed by atoms with E-state index in [1.807, 2.05) is 12.1 Å². The zero-order valence-electron chi connectivity index (χ0n) is 9.45. The van der Waals surface area contributed by atoms with Crippen molar-refractivity contribution in [2.45, 2.75) is 16.4 Å². The van der Waals surface area contributed by atoms with Crippen LogP contribution in [0.25, 0.3) is 0 Å². The van der Waals surface area contributed by atoms with E-state index in [0.29, 0.717) is 4.90 Å². The third-order valence-electron chi connectivity index (χ3n) is 2.40. The van der Waals surface area contributed by atoms with Crippen molar-refractivity contribution in [3.8, 4) is 0 Å². The topological polar surface area (TPSA) is 63.4 Å². The Morgan fingerprint density at radius 2 is 1.78 bits per heavy atom. The molecular weight excluding hydrogens is 250 g/mol. The molecule has 92 valence electrons. The Hall–Kier alpha value is -1.85. The molecule has 2 aromatic carbocycles. The average Bonchev–Trinajstić information content (AvgIpc) is 2.40. The van der Waals surface area contributed by atoms with Crippen molar-refractivity contribution < 1.29 is 10.0 Å². The third kappa shape index (κ3) is 2.88. The molecule has 0 saturated carbocycles. The normalized spacial score (nSPS) is 10.3. The van der Waals surface area contributed by atoms with Crippen LogP contribution in [0.1, 0.15) is 5.56 Å². The Labute approximate surface area is 108 Å². The van der Waals surface area contributed by atoms with Crippen LogP contribution >= 0.6 is 11.8 Å². The van der Waals surface area contributed by atoms with Crippen LogP contribution in [0.3, 0.4) is 0 Å². The largest absolute Gasteiger partial charge is 0.392 e. The van der Waals surface area contributed by atoms with Crippen LogP contribution in [0.4, 0.5) is 5.69 Å². The minimum Gasteiger partial charge on any atom is -0.392 e. The van der Waals surface area contributed by atoms with Gasteiger partial charge in [-0.3, -0.25) is 10.1 Å². The molecule has 4 nitrogen and oxygen atoms in total. The maximum Gasteiger partial charge on any atom is 0.283 e. The van der Waals surface area contributed by atoms with Crippen molar-refractivity contribution >= 4 is 17.4 Å². The van der Waals surface area contributed by atoms with Crippen LogP contribution in [-0.2, 0) is 6.61 Å². The number of aliphatic hydroxyl groups excluding tert-OH is 1. The van der Waals surface area contributed by atoms with Crippen LogP contribution in [0, 0.1) is 10.1 Å². The van der Waals surface area contributed by atoms with Gasteiger partial charge in [-0.25, -0.2) is 0 Å². The molecule has 0 radical (unpaired) electrons. The van der Waals surface area contributed by atoms with Crippen molar-refractivity contribution in [1.29, 1.82) is 0 Å². The van der Waals surface area contributed by atoms with Gasteiger partial charge in [0, 0.05) is 11.0 Å². The van der Waals surface area contributed by atoms with E-state index >= 15 is 0 Å². The Morgan fingerprint density at radius 1 is 1.11 bits per heavy atom. The number of benzene rings is 2. The van der Waals surface area contributed by atoms with Gasteiger partial charge < -0.3 is 5.11 Å². The number of nitrogens with zero attached hydrogens (tertiary/aromatic N) is 1. The summed E-state index contributed by atoms with van der Waals surface area (Å²) in [6.07, 6.45) is 0. The van der Waals surface area contributed by atoms with Crippen molar-refractivity contribution in [2.75, 3.05) is 0 Å². The number of hydrogen-bond acceptors (Lipinski definition) is 4. The van der Waals surface area contributed by atoms with E-state index in [1.54, 1.807) is 30.3 Å². The van der Waals surface area contributed by atoms with Crippen LogP contribution in [0.15, 0.2) is 58.3 Å². The van der Waals surface area contributed by atoms with Crippen LogP contribution in [-0.4, -0.2) is 10.0 Å². The quantitative estimate of drug-likeness (QED) is 0.678. The summed E-state index contributed by atoms with van der Waals surface area (Å²) in [4.78, 5) is 12.0. The summed E-state index contributed by atoms with van der Waals surface area (Å²) in [5.41, 5.74) is 0.927. The van der Waals surface area contributed by atoms with Gasteiger partial charge in [-0.2, -0.15) is 0 Å². The first-order valence-electron chi connectivity index (χ1n) is 5.32. The van der Waals surface area contributed by atoms with Gasteiger partial charge in [0.15, 0.2) is 0 Å². The van der Waals surface area contributed by atoms with Gasteiger partial charge >= 0.3 is 0 Å². The fourth-order valence-corrected chi connectivity index (χ4v) is 2.40. The van der Waals surface area contributed by atoms with Crippen LogP contribution in [0.5, 0.6) is 0 Å². The number of para-hydroxylation sites is 1. The number of aliphatic hydroxyl groups is 1. The SMILES string of the molecule is O=[N+]([O-])c1ccccc1Sc1ccc(CO)cc1. The predicted octanol–water partition coefficient (Wildman–Crippen LogP) is 3.24. The lowest BCUT2D eigenvalue weighted by Gasteiger charge is -2.03. The maximum atomic E-state index is 10.9. The van der Waals surface area contributed by atoms with E-state index in [0.717, 1.165) is 10.5 Å². The lowest BCUT2D eigenvalue weighted by Crippen LogP contribution is -1.90. The molecule has 18 heavy (non-hydrogen) atoms. The molecule has 0 bridgehead atoms. The first kappa shape index (κ1) is 12.6. The Bertz CT molecular complexity index is 554. The van der Waals surface area contributed by atoms with Gasteiger partial charge in [-0.15, -0.1) is 0 Å². The van der Waals surface area contributed by atoms with Crippen molar-refractivity contribution in [2.24, 2.45) is 0 Å². The van der Waals surface area contributed by atoms with Gasteiger partial charge in [-0.05, 0) is 23.8 Å². The predicted molar refractivity (Wildman–Crippen MR) is 69.6 cm³/mol. The maximum absolute atomic E-state index is 10.9. The molecule has 0 atom stereocenters. The van der Waals surface area contributed by atoms with Crippen molar-refractivity contribution in [1.82, 2.24) is 0 Å². The molecule has 1 N–H and O–H groups in total. The highest BCUT2D eigenvalue weighted by atomic mass is 32.2. The average molecular weight is 261 g/mol. The monoisotopic (exact) mass is 261 g/mol. The van der Waals surface area contributed by atoms with E-state index in [1.165, 1.54) is 17.8 Å². The highest BCUT2D eigenvalue weighted by Gasteiger charge is 2.13. The summed E-state index contributed by atoms with van der Waals surface area (Å²) < 4.78 is 0. The molecule has 0 saturated heterocycles. The lowest BCUT2D eigenvalue weighted by molar-refractivity contribution is -0.387. The Morgan fingerprint density at radius 3 is 2.39 bits per heavy atom. The van der Waals surface area contributed by atoms with Gasteiger partial charge in [0.1, 0.15) is 0 Å². The molecule has 0 amide bonds. The molecule has 0 spiro atoms. The number of hydrogen-bond donors (Lipinski definition) is 1. The first-order valence-corrected chi connectivity index (χ1v) is 6.13. The summed E-state index contributed by atoms with van der Waals surface area (Å²) >= 11 is 1.34. The second kappa shape index (κ2) is 5.66. The molecule has 0 unspecified atom stereocenters. The minimum atomic E-state index is -0.384. The highest BCUT2D eigenvalue weighted by Crippen LogP contribution is 2.34. The molecular formula is C13H11NO3S. The van der Waals surface area contributed by atoms with Gasteiger partial charge in [-0.1, -0.05) is 36.0 Å². The fraction of sp³-hybridized carbons (Fsp3) is 0.0769. The summed E-state index contributed by atoms with van der Waals surface area (Å²) in [5.74, 6) is 0. The van der Waals surface area contributed by atoms with Gasteiger partial charge in [0.2, 0.25) is 0 Å². The molecule has 0 aromatic heterocycles. The second-order valence-corrected chi connectivity index (χ2v) is 4.74. The Balaban J connectivity index is 2.25. The summed E-state index contributed by atoms with van der Waals surface area (Å²) in [6.45, 7) is -0.00354. The van der Waals surface area contributed by atoms with Crippen molar-refractivity contribution in [3.05, 3.63) is 64.2 Å². The lowest BCUT2D eigenvalue weighted by atomic mass is 10.2. The van der Waals surface area contributed by atoms with E-state index in [-0.39, 0.29) is 17.2 Å². The van der Waals surface area contributed by atoms with Crippen LogP contribution < -0.4 is 0 Å². The molecule has 0 aliphatic carbocycles. The number of nitro groups is 1. The van der Waals surface area contributed by atoms with E-state index < -0.39 is 0 Å². The Kier molecular flexibility index (Phi) is 3.96. The van der Waals surface area contributed by atoms with E-state index in [4.69, 9.17) is 5.11 Å². The molecule has 2 aromatic rings. The van der Waals surface area contributed by atoms with Gasteiger partial charge in [0.05, 0.1) is 16.4 Å². The minimum absolute atomic E-state index is 0.00354. The van der Waals surface area contributed by atoms with E-state index in [2.05, 4.69) is 0 Å². The van der Waals surface area contributed by atoms with Crippen molar-refractivity contribution in [3.63, 3.8) is 0 Å². The summed E-state index contributed by atoms with van der Waals surface area (Å²) in [7, 11) is 0. The molecule has 0 aliphatic rings. The number of rotatable bonds is 4. The van der Waals surface area contributed by atoms with E-state index in [9.17, 15) is 10.1 Å². The molecule has 0 heterocycles. The smallest absolute Gasteiger partial charge is 0.283 e. The molecule has 2 rings (SSSR count). The molecule has 0 aliphatic heterocycles. The fourth-order valence-electron chi connectivity index (χ4n) is 1.48.